The van der Waals surface area contributed by atoms with Crippen LogP contribution in [0.4, 0.5) is 10.5 Å². The normalized spacial score (nSPS) is 20.1. The largest absolute Gasteiger partial charge is 0.484 e. The maximum absolute atomic E-state index is 13.3. The summed E-state index contributed by atoms with van der Waals surface area (Å²) in [5, 5.41) is 36.7. The highest BCUT2D eigenvalue weighted by atomic mass is 16.5. The van der Waals surface area contributed by atoms with E-state index in [-0.39, 0.29) is 42.0 Å². The van der Waals surface area contributed by atoms with Gasteiger partial charge in [-0.05, 0) is 74.3 Å². The quantitative estimate of drug-likeness (QED) is 0.157. The van der Waals surface area contributed by atoms with Gasteiger partial charge in [-0.15, -0.1) is 0 Å². The molecule has 13 heteroatoms. The fraction of sp³-hybridized carbons (Fsp3) is 0.441. The third-order valence-corrected chi connectivity index (χ3v) is 8.65. The Kier molecular flexibility index (Phi) is 10.8. The van der Waals surface area contributed by atoms with Crippen LogP contribution >= 0.6 is 0 Å². The van der Waals surface area contributed by atoms with Crippen LogP contribution in [0.3, 0.4) is 0 Å². The van der Waals surface area contributed by atoms with E-state index < -0.39 is 6.03 Å². The van der Waals surface area contributed by atoms with Crippen molar-refractivity contribution in [2.45, 2.75) is 77.6 Å². The maximum atomic E-state index is 13.3. The van der Waals surface area contributed by atoms with E-state index in [4.69, 9.17) is 21.3 Å². The van der Waals surface area contributed by atoms with Gasteiger partial charge in [-0.25, -0.2) is 9.79 Å². The predicted octanol–water partition coefficient (Wildman–Crippen LogP) is 4.30. The molecule has 1 aliphatic heterocycles. The molecule has 47 heavy (non-hydrogen) atoms. The van der Waals surface area contributed by atoms with Crippen molar-refractivity contribution in [1.82, 2.24) is 29.9 Å². The van der Waals surface area contributed by atoms with Crippen LogP contribution in [0.5, 0.6) is 5.75 Å². The van der Waals surface area contributed by atoms with Crippen LogP contribution in [0.15, 0.2) is 71.8 Å². The van der Waals surface area contributed by atoms with Crippen molar-refractivity contribution in [3.63, 3.8) is 0 Å². The zero-order valence-electron chi connectivity index (χ0n) is 27.3. The van der Waals surface area contributed by atoms with Crippen LogP contribution in [-0.4, -0.2) is 61.4 Å². The molecule has 2 aliphatic rings. The van der Waals surface area contributed by atoms with Crippen molar-refractivity contribution in [3.05, 3.63) is 83.4 Å². The number of nitrogens with zero attached hydrogens (tertiary/aromatic N) is 5. The fourth-order valence-corrected chi connectivity index (χ4v) is 5.97. The Bertz CT molecular complexity index is 1690. The number of hydrogen-bond acceptors (Lipinski definition) is 8. The topological polar surface area (TPSA) is 183 Å². The number of likely N-dealkylation sites (tertiary alicyclic amines) is 1. The summed E-state index contributed by atoms with van der Waals surface area (Å²) in [6.45, 7) is 7.14. The monoisotopic (exact) mass is 642 g/mol. The minimum atomic E-state index is -0.420. The zero-order chi connectivity index (χ0) is 33.5. The third kappa shape index (κ3) is 8.28. The number of benzene rings is 1. The number of aliphatic imine (C=N–C) groups is 1. The van der Waals surface area contributed by atoms with Gasteiger partial charge >= 0.3 is 6.03 Å². The van der Waals surface area contributed by atoms with Gasteiger partial charge in [0.05, 0.1) is 37.8 Å². The molecule has 1 aliphatic carbocycles. The third-order valence-electron chi connectivity index (χ3n) is 8.65. The first-order chi connectivity index (χ1) is 22.6. The molecule has 1 aromatic carbocycles. The van der Waals surface area contributed by atoms with Gasteiger partial charge in [0.2, 0.25) is 5.96 Å². The lowest BCUT2D eigenvalue weighted by Crippen LogP contribution is -2.47. The molecular formula is C34H46N10O3. The lowest BCUT2D eigenvalue weighted by Gasteiger charge is -2.36. The number of nitrogens with one attached hydrogen (secondary N) is 4. The molecule has 13 nitrogen and oxygen atoms in total. The molecule has 250 valence electrons. The lowest BCUT2D eigenvalue weighted by molar-refractivity contribution is 0.170. The first-order valence-electron chi connectivity index (χ1n) is 16.3. The van der Waals surface area contributed by atoms with Crippen LogP contribution in [0.1, 0.15) is 76.1 Å². The molecule has 1 fully saturated rings. The Labute approximate surface area is 275 Å². The molecule has 0 spiro atoms. The van der Waals surface area contributed by atoms with E-state index in [9.17, 15) is 9.90 Å². The summed E-state index contributed by atoms with van der Waals surface area (Å²) in [7, 11) is 0. The van der Waals surface area contributed by atoms with Gasteiger partial charge in [-0.3, -0.25) is 25.4 Å². The molecule has 0 saturated carbocycles. The number of fused-ring (bicyclic) bond motifs is 1. The summed E-state index contributed by atoms with van der Waals surface area (Å²) in [6.07, 6.45) is 10.9. The molecule has 0 radical (unpaired) electrons. The predicted molar refractivity (Wildman–Crippen MR) is 180 cm³/mol. The number of amidine groups is 1. The molecule has 7 N–H and O–H groups in total. The number of hydrogen-bond donors (Lipinski definition) is 6. The number of urea groups is 1. The van der Waals surface area contributed by atoms with Gasteiger partial charge in [-0.2, -0.15) is 5.10 Å². The van der Waals surface area contributed by atoms with Crippen LogP contribution < -0.4 is 26.6 Å². The van der Waals surface area contributed by atoms with E-state index in [2.05, 4.69) is 32.5 Å². The number of nitrogens with two attached hydrogens (primary N) is 1. The highest BCUT2D eigenvalue weighted by molar-refractivity contribution is 6.05. The average molecular weight is 643 g/mol. The van der Waals surface area contributed by atoms with Crippen LogP contribution in [-0.2, 0) is 6.54 Å². The summed E-state index contributed by atoms with van der Waals surface area (Å²) in [5.41, 5.74) is 9.46. The minimum Gasteiger partial charge on any atom is -0.484 e. The number of allylic oxidation sites excluding steroid dienone is 1. The minimum absolute atomic E-state index is 0.0481. The number of ether oxygens (including phenoxy) is 1. The Hall–Kier alpha value is -4.91. The lowest BCUT2D eigenvalue weighted by atomic mass is 9.85. The number of carbonyl (C=O) groups is 1. The fourth-order valence-electron chi connectivity index (χ4n) is 5.97. The van der Waals surface area contributed by atoms with Crippen molar-refractivity contribution in [1.29, 1.82) is 10.8 Å². The van der Waals surface area contributed by atoms with Crippen molar-refractivity contribution in [2.24, 2.45) is 16.6 Å². The summed E-state index contributed by atoms with van der Waals surface area (Å²) >= 11 is 0. The van der Waals surface area contributed by atoms with Gasteiger partial charge < -0.3 is 25.8 Å². The number of amides is 2. The number of aliphatic hydroxyl groups is 1. The Morgan fingerprint density at radius 1 is 1.17 bits per heavy atom. The van der Waals surface area contributed by atoms with Crippen molar-refractivity contribution in [2.75, 3.05) is 13.2 Å². The SMILES string of the molecule is CC(C)C(N)=CC(=Nc1cnn(CCO)c1)NC(=O)N[C@H]1CCC(Oc2ccc(=N)n(C(=N)N3CCCC[C@@H]3C)c2)c2ccccc21. The number of carbonyl (C=O) groups excluding carboxylic acids is 1. The average Bonchev–Trinajstić information content (AvgIpc) is 3.49. The maximum Gasteiger partial charge on any atom is 0.320 e. The molecular weight excluding hydrogens is 596 g/mol. The number of piperidine rings is 1. The zero-order valence-corrected chi connectivity index (χ0v) is 27.3. The second kappa shape index (κ2) is 15.1. The van der Waals surface area contributed by atoms with Crippen LogP contribution in [0.2, 0.25) is 0 Å². The van der Waals surface area contributed by atoms with Crippen molar-refractivity contribution < 1.29 is 14.6 Å². The molecule has 3 aromatic rings. The summed E-state index contributed by atoms with van der Waals surface area (Å²) in [6, 6.07) is 10.9. The summed E-state index contributed by atoms with van der Waals surface area (Å²) in [5.74, 6) is 1.20. The molecule has 1 unspecified atom stereocenters. The number of aliphatic hydroxyl groups excluding tert-OH is 1. The van der Waals surface area contributed by atoms with Gasteiger partial charge in [0, 0.05) is 18.3 Å². The van der Waals surface area contributed by atoms with E-state index in [1.807, 2.05) is 38.1 Å². The smallest absolute Gasteiger partial charge is 0.320 e. The van der Waals surface area contributed by atoms with E-state index in [1.165, 1.54) is 0 Å². The standard InChI is InChI=1S/C34H46N10O3/c1-22(2)28(35)18-32(39-24-19-38-42(20-24)16-17-45)41-34(46)40-29-12-13-30(27-10-5-4-9-26(27)29)47-25-11-14-31(36)44(21-25)33(37)43-15-7-6-8-23(43)3/h4-5,9-11,14,18-23,29-30,36-37,45H,6-8,12-13,15-17,35H2,1-3H3,(H2,39,40,41,46)/t23-,29-,30?/m0/s1. The Morgan fingerprint density at radius 3 is 2.70 bits per heavy atom. The highest BCUT2D eigenvalue weighted by Crippen LogP contribution is 2.38. The highest BCUT2D eigenvalue weighted by Gasteiger charge is 2.30. The molecule has 2 aromatic heterocycles. The van der Waals surface area contributed by atoms with E-state index in [0.29, 0.717) is 42.5 Å². The van der Waals surface area contributed by atoms with Crippen LogP contribution in [0, 0.1) is 16.7 Å². The van der Waals surface area contributed by atoms with Crippen molar-refractivity contribution >= 4 is 23.5 Å². The first-order valence-corrected chi connectivity index (χ1v) is 16.3. The van der Waals surface area contributed by atoms with E-state index in [1.54, 1.807) is 46.0 Å². The molecule has 3 heterocycles. The number of aromatic nitrogens is 3. The second-order valence-corrected chi connectivity index (χ2v) is 12.4. The van der Waals surface area contributed by atoms with Gasteiger partial charge in [0.1, 0.15) is 28.9 Å². The van der Waals surface area contributed by atoms with Gasteiger partial charge in [0.25, 0.3) is 0 Å². The molecule has 1 saturated heterocycles. The second-order valence-electron chi connectivity index (χ2n) is 12.4. The summed E-state index contributed by atoms with van der Waals surface area (Å²) in [4.78, 5) is 19.9. The molecule has 2 amide bonds. The number of rotatable bonds is 8. The Balaban J connectivity index is 1.30. The van der Waals surface area contributed by atoms with Crippen LogP contribution in [0.25, 0.3) is 0 Å². The van der Waals surface area contributed by atoms with E-state index in [0.717, 1.165) is 36.9 Å². The van der Waals surface area contributed by atoms with Gasteiger partial charge in [0.15, 0.2) is 0 Å². The molecule has 0 bridgehead atoms. The number of pyridine rings is 1. The molecule has 5 rings (SSSR count). The van der Waals surface area contributed by atoms with Crippen molar-refractivity contribution in [3.8, 4) is 5.75 Å². The summed E-state index contributed by atoms with van der Waals surface area (Å²) < 4.78 is 9.65. The van der Waals surface area contributed by atoms with Gasteiger partial charge in [-0.1, -0.05) is 38.1 Å². The van der Waals surface area contributed by atoms with E-state index >= 15 is 0 Å². The Morgan fingerprint density at radius 2 is 1.96 bits per heavy atom. The molecule has 3 atom stereocenters. The first kappa shape index (κ1) is 33.5.